The molecule has 0 spiro atoms. The van der Waals surface area contributed by atoms with Gasteiger partial charge in [-0.15, -0.1) is 0 Å². The van der Waals surface area contributed by atoms with E-state index in [1.54, 1.807) is 23.3 Å². The molecule has 3 fully saturated rings. The first-order valence-electron chi connectivity index (χ1n) is 15.1. The number of unbranched alkanes of at least 4 members (excludes halogenated alkanes) is 2. The van der Waals surface area contributed by atoms with Crippen LogP contribution < -0.4 is 0 Å². The van der Waals surface area contributed by atoms with Crippen LogP contribution in [0, 0.1) is 34.5 Å². The Morgan fingerprint density at radius 1 is 1.08 bits per heavy atom. The summed E-state index contributed by atoms with van der Waals surface area (Å²) in [5.41, 5.74) is 3.91. The van der Waals surface area contributed by atoms with Crippen LogP contribution in [0.5, 0.6) is 0 Å². The number of hydrogen-bond donors (Lipinski definition) is 3. The van der Waals surface area contributed by atoms with Crippen molar-refractivity contribution in [2.75, 3.05) is 13.2 Å². The van der Waals surface area contributed by atoms with Crippen LogP contribution in [0.2, 0.25) is 0 Å². The topological polar surface area (TPSA) is 79.2 Å². The Balaban J connectivity index is 1.25. The first kappa shape index (κ1) is 27.6. The zero-order valence-electron chi connectivity index (χ0n) is 23.3. The zero-order chi connectivity index (χ0) is 26.2. The Morgan fingerprint density at radius 3 is 2.70 bits per heavy atom. The van der Waals surface area contributed by atoms with Crippen LogP contribution in [0.25, 0.3) is 0 Å². The number of aliphatic hydroxyl groups excluding tert-OH is 3. The molecule has 10 atom stereocenters. The average molecular weight is 515 g/mol. The van der Waals surface area contributed by atoms with E-state index in [1.807, 2.05) is 0 Å². The van der Waals surface area contributed by atoms with E-state index in [2.05, 4.69) is 32.9 Å². The fourth-order valence-electron chi connectivity index (χ4n) is 9.26. The molecule has 0 aromatic rings. The molecule has 0 aromatic carbocycles. The van der Waals surface area contributed by atoms with E-state index in [9.17, 15) is 10.2 Å². The second-order valence-electron chi connectivity index (χ2n) is 13.2. The van der Waals surface area contributed by atoms with Gasteiger partial charge in [-0.3, -0.25) is 0 Å². The minimum atomic E-state index is -0.768. The van der Waals surface area contributed by atoms with E-state index < -0.39 is 18.5 Å². The summed E-state index contributed by atoms with van der Waals surface area (Å²) in [5, 5.41) is 28.5. The monoisotopic (exact) mass is 514 g/mol. The lowest BCUT2D eigenvalue weighted by molar-refractivity contribution is -0.203. The molecule has 0 bridgehead atoms. The maximum Gasteiger partial charge on any atom is 0.177 e. The van der Waals surface area contributed by atoms with Crippen molar-refractivity contribution in [3.05, 3.63) is 35.5 Å². The summed E-state index contributed by atoms with van der Waals surface area (Å²) in [6.07, 6.45) is 19.7. The highest BCUT2D eigenvalue weighted by molar-refractivity contribution is 5.26. The predicted molar refractivity (Wildman–Crippen MR) is 146 cm³/mol. The molecule has 5 heteroatoms. The molecule has 5 nitrogen and oxygen atoms in total. The van der Waals surface area contributed by atoms with Gasteiger partial charge in [-0.1, -0.05) is 43.2 Å². The smallest absolute Gasteiger partial charge is 0.177 e. The molecular formula is C32H50O5. The van der Waals surface area contributed by atoms with Gasteiger partial charge in [-0.05, 0) is 118 Å². The largest absolute Gasteiger partial charge is 0.396 e. The second kappa shape index (κ2) is 11.3. The Hall–Kier alpha value is -0.980. The minimum Gasteiger partial charge on any atom is -0.396 e. The average Bonchev–Trinajstić information content (AvgIpc) is 3.25. The van der Waals surface area contributed by atoms with Gasteiger partial charge in [0.25, 0.3) is 0 Å². The molecule has 0 radical (unpaired) electrons. The molecule has 1 aliphatic heterocycles. The quantitative estimate of drug-likeness (QED) is 0.286. The number of hydrogen-bond acceptors (Lipinski definition) is 5. The van der Waals surface area contributed by atoms with Crippen LogP contribution in [0.15, 0.2) is 35.5 Å². The molecule has 3 saturated carbocycles. The number of fused-ring (bicyclic) bond motifs is 5. The maximum absolute atomic E-state index is 9.93. The van der Waals surface area contributed by atoms with Crippen LogP contribution in [-0.2, 0) is 9.47 Å². The summed E-state index contributed by atoms with van der Waals surface area (Å²) in [4.78, 5) is 0. The highest BCUT2D eigenvalue weighted by Crippen LogP contribution is 2.67. The summed E-state index contributed by atoms with van der Waals surface area (Å²) in [5.74, 6) is 3.12. The lowest BCUT2D eigenvalue weighted by Crippen LogP contribution is -2.51. The summed E-state index contributed by atoms with van der Waals surface area (Å²) >= 11 is 0. The second-order valence-corrected chi connectivity index (χ2v) is 13.2. The lowest BCUT2D eigenvalue weighted by atomic mass is 9.47. The van der Waals surface area contributed by atoms with Gasteiger partial charge in [-0.25, -0.2) is 0 Å². The van der Waals surface area contributed by atoms with E-state index in [4.69, 9.17) is 14.6 Å². The van der Waals surface area contributed by atoms with Crippen LogP contribution in [0.4, 0.5) is 0 Å². The Labute approximate surface area is 224 Å². The summed E-state index contributed by atoms with van der Waals surface area (Å²) in [6.45, 7) is 7.63. The van der Waals surface area contributed by atoms with Gasteiger partial charge < -0.3 is 24.8 Å². The molecule has 1 heterocycles. The van der Waals surface area contributed by atoms with Crippen molar-refractivity contribution in [2.45, 2.75) is 116 Å². The molecule has 0 saturated heterocycles. The molecule has 3 N–H and O–H groups in total. The third-order valence-corrected chi connectivity index (χ3v) is 11.3. The van der Waals surface area contributed by atoms with E-state index in [-0.39, 0.29) is 18.1 Å². The molecule has 208 valence electrons. The van der Waals surface area contributed by atoms with Crippen LogP contribution in [-0.4, -0.2) is 53.1 Å². The highest BCUT2D eigenvalue weighted by Gasteiger charge is 2.58. The third-order valence-electron chi connectivity index (χ3n) is 11.3. The fourth-order valence-corrected chi connectivity index (χ4v) is 9.26. The van der Waals surface area contributed by atoms with E-state index in [1.165, 1.54) is 38.5 Å². The highest BCUT2D eigenvalue weighted by atomic mass is 16.7. The van der Waals surface area contributed by atoms with Gasteiger partial charge in [-0.2, -0.15) is 0 Å². The van der Waals surface area contributed by atoms with E-state index >= 15 is 0 Å². The van der Waals surface area contributed by atoms with Crippen LogP contribution >= 0.6 is 0 Å². The van der Waals surface area contributed by atoms with Crippen LogP contribution in [0.3, 0.4) is 0 Å². The number of rotatable bonds is 8. The molecule has 1 unspecified atom stereocenters. The molecule has 5 aliphatic rings. The van der Waals surface area contributed by atoms with Gasteiger partial charge in [0.2, 0.25) is 0 Å². The van der Waals surface area contributed by atoms with Crippen molar-refractivity contribution in [3.63, 3.8) is 0 Å². The Morgan fingerprint density at radius 2 is 1.92 bits per heavy atom. The van der Waals surface area contributed by atoms with Crippen molar-refractivity contribution < 1.29 is 24.8 Å². The Bertz CT molecular complexity index is 894. The number of ether oxygens (including phenoxy) is 2. The van der Waals surface area contributed by atoms with Gasteiger partial charge in [0.15, 0.2) is 6.29 Å². The SMILES string of the molecule is C/C(=C\CCCCO)[C@H]1CC[C@H]2[C@@H]3CC=C4C[C@@H](OC5C=C[C@H](O)[C@@H](CO)O5)CC[C@]4(C)[C@H]3CC[C@]12C. The molecule has 4 aliphatic carbocycles. The number of aliphatic hydroxyl groups is 3. The first-order chi connectivity index (χ1) is 17.8. The summed E-state index contributed by atoms with van der Waals surface area (Å²) in [6, 6.07) is 0. The lowest BCUT2D eigenvalue weighted by Gasteiger charge is -2.58. The van der Waals surface area contributed by atoms with Crippen molar-refractivity contribution in [1.29, 1.82) is 0 Å². The molecular weight excluding hydrogens is 464 g/mol. The predicted octanol–water partition coefficient (Wildman–Crippen LogP) is 5.69. The first-order valence-corrected chi connectivity index (χ1v) is 15.1. The van der Waals surface area contributed by atoms with Crippen molar-refractivity contribution in [2.24, 2.45) is 34.5 Å². The minimum absolute atomic E-state index is 0.128. The maximum atomic E-state index is 9.93. The van der Waals surface area contributed by atoms with Gasteiger partial charge >= 0.3 is 0 Å². The van der Waals surface area contributed by atoms with E-state index in [0.29, 0.717) is 12.0 Å². The van der Waals surface area contributed by atoms with Gasteiger partial charge in [0, 0.05) is 6.61 Å². The van der Waals surface area contributed by atoms with Crippen molar-refractivity contribution in [1.82, 2.24) is 0 Å². The molecule has 5 rings (SSSR count). The molecule has 37 heavy (non-hydrogen) atoms. The normalized spacial score (nSPS) is 45.7. The van der Waals surface area contributed by atoms with Gasteiger partial charge in [0.1, 0.15) is 12.2 Å². The molecule has 0 amide bonds. The zero-order valence-corrected chi connectivity index (χ0v) is 23.3. The van der Waals surface area contributed by atoms with E-state index in [0.717, 1.165) is 55.8 Å². The summed E-state index contributed by atoms with van der Waals surface area (Å²) in [7, 11) is 0. The van der Waals surface area contributed by atoms with Crippen molar-refractivity contribution in [3.8, 4) is 0 Å². The molecule has 0 aromatic heterocycles. The third kappa shape index (κ3) is 5.16. The summed E-state index contributed by atoms with van der Waals surface area (Å²) < 4.78 is 12.1. The van der Waals surface area contributed by atoms with Crippen LogP contribution in [0.1, 0.15) is 91.4 Å². The Kier molecular flexibility index (Phi) is 8.39. The van der Waals surface area contributed by atoms with Crippen molar-refractivity contribution >= 4 is 0 Å². The van der Waals surface area contributed by atoms with Gasteiger partial charge in [0.05, 0.1) is 12.7 Å². The number of allylic oxidation sites excluding steroid dienone is 3. The fraction of sp³-hybridized carbons (Fsp3) is 0.812. The standard InChI is InChI=1S/C32H50O5/c1-21(7-5-4-6-18-33)25-10-11-26-24-9-8-22-19-23(36-30-13-12-28(35)29(20-34)37-30)14-16-31(22,2)27(24)15-17-32(25,26)3/h7-8,12-13,23-30,33-35H,4-6,9-11,14-20H2,1-3H3/b21-7+/t23-,24-,25+,26-,27-,28-,29+,30?,31-,32+/m0/s1.